The number of hydrogen-bond donors (Lipinski definition) is 1. The lowest BCUT2D eigenvalue weighted by Crippen LogP contribution is -2.03. The molecule has 0 aromatic heterocycles. The molecule has 3 nitrogen and oxygen atoms in total. The molecule has 0 saturated heterocycles. The van der Waals surface area contributed by atoms with Crippen molar-refractivity contribution in [2.75, 3.05) is 7.11 Å². The quantitative estimate of drug-likeness (QED) is 0.607. The van der Waals surface area contributed by atoms with Gasteiger partial charge in [0.05, 0.1) is 7.11 Å². The molecule has 1 aromatic rings. The molecular weight excluding hydrogens is 204 g/mol. The number of carbonyl (C=O) groups excluding carboxylic acids is 1. The number of halogens is 1. The second-order valence-corrected chi connectivity index (χ2v) is 3.19. The van der Waals surface area contributed by atoms with Gasteiger partial charge in [-0.2, -0.15) is 0 Å². The zero-order chi connectivity index (χ0) is 10.7. The third-order valence-electron chi connectivity index (χ3n) is 2.00. The highest BCUT2D eigenvalue weighted by Gasteiger charge is 2.13. The van der Waals surface area contributed by atoms with Crippen LogP contribution in [0.4, 0.5) is 0 Å². The molecule has 0 aliphatic rings. The number of ether oxygens (including phenoxy) is 1. The lowest BCUT2D eigenvalue weighted by atomic mass is 10.1. The minimum Gasteiger partial charge on any atom is -0.507 e. The normalized spacial score (nSPS) is 9.93. The van der Waals surface area contributed by atoms with Crippen molar-refractivity contribution in [1.82, 2.24) is 0 Å². The maximum atomic E-state index is 11.2. The zero-order valence-corrected chi connectivity index (χ0v) is 8.76. The van der Waals surface area contributed by atoms with Gasteiger partial charge in [-0.05, 0) is 30.2 Å². The van der Waals surface area contributed by atoms with E-state index in [1.54, 1.807) is 6.07 Å². The van der Waals surface area contributed by atoms with E-state index >= 15 is 0 Å². The van der Waals surface area contributed by atoms with E-state index in [1.807, 2.05) is 6.92 Å². The van der Waals surface area contributed by atoms with Crippen LogP contribution in [0.1, 0.15) is 21.5 Å². The van der Waals surface area contributed by atoms with Gasteiger partial charge in [-0.25, -0.2) is 4.79 Å². The van der Waals surface area contributed by atoms with Crippen LogP contribution in [0, 0.1) is 6.92 Å². The lowest BCUT2D eigenvalue weighted by molar-refractivity contribution is 0.0597. The first kappa shape index (κ1) is 10.9. The van der Waals surface area contributed by atoms with Crippen LogP contribution < -0.4 is 0 Å². The number of benzene rings is 1. The second-order valence-electron chi connectivity index (χ2n) is 2.92. The fraction of sp³-hybridized carbons (Fsp3) is 0.300. The van der Waals surface area contributed by atoms with Crippen LogP contribution in [0.15, 0.2) is 12.1 Å². The van der Waals surface area contributed by atoms with Crippen molar-refractivity contribution in [1.29, 1.82) is 0 Å². The minimum atomic E-state index is -0.561. The van der Waals surface area contributed by atoms with Gasteiger partial charge in [0.25, 0.3) is 0 Å². The van der Waals surface area contributed by atoms with Gasteiger partial charge in [-0.15, -0.1) is 11.6 Å². The average Bonchev–Trinajstić information content (AvgIpc) is 2.17. The average molecular weight is 215 g/mol. The fourth-order valence-corrected chi connectivity index (χ4v) is 1.44. The van der Waals surface area contributed by atoms with Gasteiger partial charge in [0.1, 0.15) is 11.3 Å². The Morgan fingerprint density at radius 3 is 2.71 bits per heavy atom. The molecule has 0 bridgehead atoms. The summed E-state index contributed by atoms with van der Waals surface area (Å²) in [6.45, 7) is 1.82. The molecule has 0 fully saturated rings. The number of aromatic hydroxyl groups is 1. The summed E-state index contributed by atoms with van der Waals surface area (Å²) in [5.74, 6) is -0.340. The number of esters is 1. The van der Waals surface area contributed by atoms with Crippen molar-refractivity contribution >= 4 is 17.6 Å². The van der Waals surface area contributed by atoms with Gasteiger partial charge < -0.3 is 9.84 Å². The lowest BCUT2D eigenvalue weighted by Gasteiger charge is -2.07. The molecule has 14 heavy (non-hydrogen) atoms. The van der Waals surface area contributed by atoms with Crippen molar-refractivity contribution in [2.45, 2.75) is 12.8 Å². The van der Waals surface area contributed by atoms with Gasteiger partial charge in [0.15, 0.2) is 0 Å². The summed E-state index contributed by atoms with van der Waals surface area (Å²) in [7, 11) is 1.27. The molecule has 0 unspecified atom stereocenters. The first-order chi connectivity index (χ1) is 6.60. The van der Waals surface area contributed by atoms with Crippen LogP contribution in [-0.2, 0) is 10.6 Å². The van der Waals surface area contributed by atoms with Gasteiger partial charge in [0, 0.05) is 5.88 Å². The molecule has 0 saturated carbocycles. The van der Waals surface area contributed by atoms with Crippen LogP contribution in [-0.4, -0.2) is 18.2 Å². The number of methoxy groups -OCH3 is 1. The number of hydrogen-bond acceptors (Lipinski definition) is 3. The molecule has 1 aromatic carbocycles. The molecule has 1 N–H and O–H groups in total. The first-order valence-corrected chi connectivity index (χ1v) is 4.60. The van der Waals surface area contributed by atoms with Gasteiger partial charge >= 0.3 is 5.97 Å². The molecule has 0 radical (unpaired) electrons. The van der Waals surface area contributed by atoms with Crippen LogP contribution in [0.25, 0.3) is 0 Å². The van der Waals surface area contributed by atoms with Crippen molar-refractivity contribution < 1.29 is 14.6 Å². The van der Waals surface area contributed by atoms with E-state index in [1.165, 1.54) is 13.2 Å². The molecular formula is C10H11ClO3. The zero-order valence-electron chi connectivity index (χ0n) is 8.00. The minimum absolute atomic E-state index is 0.0804. The Hall–Kier alpha value is -1.22. The van der Waals surface area contributed by atoms with Crippen molar-refractivity contribution in [2.24, 2.45) is 0 Å². The Kier molecular flexibility index (Phi) is 3.36. The van der Waals surface area contributed by atoms with Crippen molar-refractivity contribution in [3.8, 4) is 5.75 Å². The fourth-order valence-electron chi connectivity index (χ4n) is 1.15. The number of phenolic OH excluding ortho intramolecular Hbond substituents is 1. The monoisotopic (exact) mass is 214 g/mol. The standard InChI is InChI=1S/C10H11ClO3/c1-6-3-9(12)8(10(13)14-2)4-7(6)5-11/h3-4,12H,5H2,1-2H3. The van der Waals surface area contributed by atoms with Crippen LogP contribution >= 0.6 is 11.6 Å². The summed E-state index contributed by atoms with van der Waals surface area (Å²) in [4.78, 5) is 11.2. The summed E-state index contributed by atoms with van der Waals surface area (Å²) < 4.78 is 4.51. The van der Waals surface area contributed by atoms with E-state index in [9.17, 15) is 9.90 Å². The van der Waals surface area contributed by atoms with Crippen molar-refractivity contribution in [3.63, 3.8) is 0 Å². The molecule has 0 aliphatic carbocycles. The Morgan fingerprint density at radius 2 is 2.21 bits per heavy atom. The van der Waals surface area contributed by atoms with E-state index < -0.39 is 5.97 Å². The number of rotatable bonds is 2. The Labute approximate surface area is 87.3 Å². The Morgan fingerprint density at radius 1 is 1.57 bits per heavy atom. The second kappa shape index (κ2) is 4.33. The molecule has 0 atom stereocenters. The molecule has 0 spiro atoms. The third kappa shape index (κ3) is 1.99. The van der Waals surface area contributed by atoms with Crippen LogP contribution in [0.5, 0.6) is 5.75 Å². The molecule has 0 amide bonds. The van der Waals surface area contributed by atoms with Gasteiger partial charge in [-0.1, -0.05) is 0 Å². The van der Waals surface area contributed by atoms with Crippen LogP contribution in [0.3, 0.4) is 0 Å². The molecule has 1 rings (SSSR count). The number of alkyl halides is 1. The topological polar surface area (TPSA) is 46.5 Å². The Bertz CT molecular complexity index is 361. The largest absolute Gasteiger partial charge is 0.507 e. The van der Waals surface area contributed by atoms with Crippen LogP contribution in [0.2, 0.25) is 0 Å². The first-order valence-electron chi connectivity index (χ1n) is 4.07. The smallest absolute Gasteiger partial charge is 0.341 e. The molecule has 76 valence electrons. The summed E-state index contributed by atoms with van der Waals surface area (Å²) in [5, 5.41) is 9.47. The van der Waals surface area contributed by atoms with E-state index in [0.717, 1.165) is 11.1 Å². The summed E-state index contributed by atoms with van der Waals surface area (Å²) in [6.07, 6.45) is 0. The molecule has 0 aliphatic heterocycles. The summed E-state index contributed by atoms with van der Waals surface area (Å²) >= 11 is 5.67. The number of aryl methyl sites for hydroxylation is 1. The van der Waals surface area contributed by atoms with Gasteiger partial charge in [-0.3, -0.25) is 0 Å². The maximum Gasteiger partial charge on any atom is 0.341 e. The maximum absolute atomic E-state index is 11.2. The van der Waals surface area contributed by atoms with Gasteiger partial charge in [0.2, 0.25) is 0 Å². The van der Waals surface area contributed by atoms with Crippen molar-refractivity contribution in [3.05, 3.63) is 28.8 Å². The highest BCUT2D eigenvalue weighted by molar-refractivity contribution is 6.17. The van der Waals surface area contributed by atoms with E-state index in [-0.39, 0.29) is 11.3 Å². The molecule has 4 heteroatoms. The number of phenols is 1. The predicted octanol–water partition coefficient (Wildman–Crippen LogP) is 2.23. The summed E-state index contributed by atoms with van der Waals surface area (Å²) in [6, 6.07) is 3.05. The van der Waals surface area contributed by atoms with E-state index in [0.29, 0.717) is 5.88 Å². The molecule has 0 heterocycles. The van der Waals surface area contributed by atoms with E-state index in [4.69, 9.17) is 11.6 Å². The SMILES string of the molecule is COC(=O)c1cc(CCl)c(C)cc1O. The Balaban J connectivity index is 3.24. The highest BCUT2D eigenvalue weighted by atomic mass is 35.5. The number of carbonyl (C=O) groups is 1. The highest BCUT2D eigenvalue weighted by Crippen LogP contribution is 2.23. The van der Waals surface area contributed by atoms with E-state index in [2.05, 4.69) is 4.74 Å². The predicted molar refractivity (Wildman–Crippen MR) is 53.7 cm³/mol. The summed E-state index contributed by atoms with van der Waals surface area (Å²) in [5.41, 5.74) is 1.81. The third-order valence-corrected chi connectivity index (χ3v) is 2.29.